The number of para-hydroxylation sites is 1. The molecule has 0 aliphatic heterocycles. The van der Waals surface area contributed by atoms with Gasteiger partial charge in [-0.2, -0.15) is 0 Å². The van der Waals surface area contributed by atoms with Crippen molar-refractivity contribution in [3.05, 3.63) is 46.5 Å². The molecule has 0 amide bonds. The van der Waals surface area contributed by atoms with Crippen LogP contribution >= 0.6 is 0 Å². The molecule has 0 atom stereocenters. The topological polar surface area (TPSA) is 70.8 Å². The van der Waals surface area contributed by atoms with E-state index in [0.717, 1.165) is 48.7 Å². The van der Waals surface area contributed by atoms with E-state index in [0.29, 0.717) is 6.54 Å². The van der Waals surface area contributed by atoms with Gasteiger partial charge in [0, 0.05) is 46.6 Å². The molecule has 0 spiro atoms. The lowest BCUT2D eigenvalue weighted by molar-refractivity contribution is 0.0946. The second-order valence-electron chi connectivity index (χ2n) is 8.86. The number of unbranched alkanes of at least 4 members (excludes halogenated alkanes) is 3. The minimum absolute atomic E-state index is 0.0548. The van der Waals surface area contributed by atoms with Crippen molar-refractivity contribution in [1.29, 1.82) is 0 Å². The number of carbonyl (C=O) groups is 1. The number of Topliss-reactive ketones (excluding diaryl/α,β-unsaturated/α-hetero) is 1. The highest BCUT2D eigenvalue weighted by Gasteiger charge is 2.68. The average molecular weight is 367 g/mol. The van der Waals surface area contributed by atoms with Gasteiger partial charge in [0.25, 0.3) is 0 Å². The van der Waals surface area contributed by atoms with Gasteiger partial charge in [-0.25, -0.2) is 0 Å². The number of benzene rings is 1. The van der Waals surface area contributed by atoms with Crippen molar-refractivity contribution in [2.45, 2.75) is 59.9 Å². The molecule has 0 unspecified atom stereocenters. The van der Waals surface area contributed by atoms with Crippen molar-refractivity contribution in [2.24, 2.45) is 21.9 Å². The summed E-state index contributed by atoms with van der Waals surface area (Å²) in [7, 11) is 0. The van der Waals surface area contributed by atoms with E-state index in [1.165, 1.54) is 0 Å². The van der Waals surface area contributed by atoms with Crippen LogP contribution in [-0.2, 0) is 6.54 Å². The number of hydrogen-bond donors (Lipinski definition) is 0. The summed E-state index contributed by atoms with van der Waals surface area (Å²) in [5.41, 5.74) is 10.4. The summed E-state index contributed by atoms with van der Waals surface area (Å²) in [5, 5.41) is 4.65. The van der Waals surface area contributed by atoms with Crippen molar-refractivity contribution in [2.75, 3.05) is 6.54 Å². The molecule has 1 aliphatic carbocycles. The summed E-state index contributed by atoms with van der Waals surface area (Å²) in [6.07, 6.45) is 6.22. The lowest BCUT2D eigenvalue weighted by Crippen LogP contribution is -2.07. The van der Waals surface area contributed by atoms with Gasteiger partial charge in [0.1, 0.15) is 0 Å². The first kappa shape index (κ1) is 19.5. The van der Waals surface area contributed by atoms with Crippen LogP contribution in [0.1, 0.15) is 63.7 Å². The number of ketones is 1. The highest BCUT2D eigenvalue weighted by atomic mass is 16.1. The minimum atomic E-state index is 0.0548. The molecular weight excluding hydrogens is 336 g/mol. The summed E-state index contributed by atoms with van der Waals surface area (Å²) in [6.45, 7) is 10.3. The number of nitrogens with zero attached hydrogens (tertiary/aromatic N) is 4. The Bertz CT molecular complexity index is 873. The van der Waals surface area contributed by atoms with Crippen LogP contribution in [0.3, 0.4) is 0 Å². The molecule has 0 saturated heterocycles. The number of rotatable bonds is 9. The molecule has 5 nitrogen and oxygen atoms in total. The van der Waals surface area contributed by atoms with Gasteiger partial charge in [-0.1, -0.05) is 63.8 Å². The van der Waals surface area contributed by atoms with Crippen molar-refractivity contribution >= 4 is 16.7 Å². The van der Waals surface area contributed by atoms with E-state index in [-0.39, 0.29) is 22.5 Å². The number of hydrogen-bond acceptors (Lipinski definition) is 2. The molecule has 3 rings (SSSR count). The zero-order valence-electron chi connectivity index (χ0n) is 16.9. The molecule has 5 heteroatoms. The SMILES string of the molecule is CC1(C)C(C(=O)c2cn(CCCCCCN=[N+]=[N-])c3ccccc23)C1(C)C. The van der Waals surface area contributed by atoms with E-state index in [1.807, 2.05) is 12.1 Å². The molecule has 2 aromatic rings. The fraction of sp³-hybridized carbons (Fsp3) is 0.591. The molecule has 0 N–H and O–H groups in total. The third kappa shape index (κ3) is 3.49. The van der Waals surface area contributed by atoms with E-state index in [4.69, 9.17) is 5.53 Å². The maximum atomic E-state index is 13.3. The molecule has 1 heterocycles. The van der Waals surface area contributed by atoms with Gasteiger partial charge in [-0.3, -0.25) is 4.79 Å². The van der Waals surface area contributed by atoms with Gasteiger partial charge in [-0.15, -0.1) is 0 Å². The van der Waals surface area contributed by atoms with Crippen LogP contribution in [0.5, 0.6) is 0 Å². The molecule has 1 aliphatic rings. The molecule has 1 aromatic heterocycles. The van der Waals surface area contributed by atoms with Gasteiger partial charge in [0.05, 0.1) is 0 Å². The largest absolute Gasteiger partial charge is 0.347 e. The second-order valence-corrected chi connectivity index (χ2v) is 8.86. The highest BCUT2D eigenvalue weighted by Crippen LogP contribution is 2.69. The summed E-state index contributed by atoms with van der Waals surface area (Å²) < 4.78 is 2.23. The quantitative estimate of drug-likeness (QED) is 0.167. The third-order valence-corrected chi connectivity index (χ3v) is 6.81. The fourth-order valence-corrected chi connectivity index (χ4v) is 4.50. The fourth-order valence-electron chi connectivity index (χ4n) is 4.50. The Morgan fingerprint density at radius 1 is 1.11 bits per heavy atom. The molecule has 1 saturated carbocycles. The van der Waals surface area contributed by atoms with Crippen LogP contribution in [0.2, 0.25) is 0 Å². The predicted molar refractivity (Wildman–Crippen MR) is 110 cm³/mol. The standard InChI is InChI=1S/C22H30N4O/c1-21(2)20(22(21,3)4)19(27)17-15-26(18-12-8-7-11-16(17)18)14-10-6-5-9-13-24-25-23/h7-8,11-12,15,20H,5-6,9-10,13-14H2,1-4H3. The lowest BCUT2D eigenvalue weighted by atomic mass is 10.0. The minimum Gasteiger partial charge on any atom is -0.347 e. The number of aryl methyl sites for hydroxylation is 1. The summed E-state index contributed by atoms with van der Waals surface area (Å²) in [5.74, 6) is 0.374. The Kier molecular flexibility index (Phi) is 5.34. The van der Waals surface area contributed by atoms with Crippen molar-refractivity contribution in [3.63, 3.8) is 0 Å². The van der Waals surface area contributed by atoms with Gasteiger partial charge >= 0.3 is 0 Å². The number of aromatic nitrogens is 1. The van der Waals surface area contributed by atoms with Gasteiger partial charge < -0.3 is 4.57 Å². The first-order valence-electron chi connectivity index (χ1n) is 9.95. The molecule has 1 fully saturated rings. The van der Waals surface area contributed by atoms with Gasteiger partial charge in [0.2, 0.25) is 0 Å². The van der Waals surface area contributed by atoms with Crippen molar-refractivity contribution in [3.8, 4) is 0 Å². The van der Waals surface area contributed by atoms with Crippen LogP contribution in [0, 0.1) is 16.7 Å². The average Bonchev–Trinajstić information content (AvgIpc) is 2.91. The van der Waals surface area contributed by atoms with Gasteiger partial charge in [0.15, 0.2) is 5.78 Å². The van der Waals surface area contributed by atoms with E-state index >= 15 is 0 Å². The van der Waals surface area contributed by atoms with Crippen LogP contribution in [0.25, 0.3) is 21.3 Å². The molecule has 0 bridgehead atoms. The first-order chi connectivity index (χ1) is 12.8. The molecule has 1 aromatic carbocycles. The normalized spacial score (nSPS) is 17.6. The first-order valence-corrected chi connectivity index (χ1v) is 9.95. The highest BCUT2D eigenvalue weighted by molar-refractivity contribution is 6.11. The Hall–Kier alpha value is -2.26. The number of azide groups is 1. The van der Waals surface area contributed by atoms with Crippen LogP contribution in [0.15, 0.2) is 35.6 Å². The van der Waals surface area contributed by atoms with E-state index < -0.39 is 0 Å². The second kappa shape index (κ2) is 7.40. The number of carbonyl (C=O) groups excluding carboxylic acids is 1. The van der Waals surface area contributed by atoms with Crippen LogP contribution in [0.4, 0.5) is 0 Å². The Balaban J connectivity index is 1.73. The van der Waals surface area contributed by atoms with Crippen molar-refractivity contribution < 1.29 is 4.79 Å². The molecule has 0 radical (unpaired) electrons. The molecular formula is C22H30N4O. The smallest absolute Gasteiger partial charge is 0.169 e. The van der Waals surface area contributed by atoms with E-state index in [1.54, 1.807) is 0 Å². The molecule has 144 valence electrons. The summed E-state index contributed by atoms with van der Waals surface area (Å²) in [6, 6.07) is 8.23. The number of fused-ring (bicyclic) bond motifs is 1. The maximum absolute atomic E-state index is 13.3. The monoisotopic (exact) mass is 366 g/mol. The van der Waals surface area contributed by atoms with Crippen molar-refractivity contribution in [1.82, 2.24) is 4.57 Å². The van der Waals surface area contributed by atoms with Crippen LogP contribution in [-0.4, -0.2) is 16.9 Å². The predicted octanol–water partition coefficient (Wildman–Crippen LogP) is 6.38. The van der Waals surface area contributed by atoms with Crippen LogP contribution < -0.4 is 0 Å². The van der Waals surface area contributed by atoms with E-state index in [2.05, 4.69) is 60.6 Å². The zero-order chi connectivity index (χ0) is 19.7. The summed E-state index contributed by atoms with van der Waals surface area (Å²) >= 11 is 0. The zero-order valence-corrected chi connectivity index (χ0v) is 16.9. The molecule has 27 heavy (non-hydrogen) atoms. The maximum Gasteiger partial charge on any atom is 0.169 e. The lowest BCUT2D eigenvalue weighted by Gasteiger charge is -2.05. The van der Waals surface area contributed by atoms with Gasteiger partial charge in [-0.05, 0) is 35.3 Å². The van der Waals surface area contributed by atoms with E-state index in [9.17, 15) is 4.79 Å². The summed E-state index contributed by atoms with van der Waals surface area (Å²) in [4.78, 5) is 16.1. The third-order valence-electron chi connectivity index (χ3n) is 6.81. The Morgan fingerprint density at radius 3 is 2.44 bits per heavy atom. The Morgan fingerprint density at radius 2 is 1.78 bits per heavy atom. The Labute approximate surface area is 161 Å².